The lowest BCUT2D eigenvalue weighted by Crippen LogP contribution is -2.07. The van der Waals surface area contributed by atoms with Crippen molar-refractivity contribution in [3.05, 3.63) is 41.5 Å². The predicted molar refractivity (Wildman–Crippen MR) is 92.5 cm³/mol. The molecule has 1 aliphatic rings. The lowest BCUT2D eigenvalue weighted by atomic mass is 9.98. The van der Waals surface area contributed by atoms with Gasteiger partial charge in [-0.25, -0.2) is 0 Å². The highest BCUT2D eigenvalue weighted by atomic mass is 16.6. The zero-order valence-corrected chi connectivity index (χ0v) is 14.5. The molecular weight excluding hydrogens is 272 g/mol. The minimum atomic E-state index is 0.160. The summed E-state index contributed by atoms with van der Waals surface area (Å²) in [6, 6.07) is 8.25. The van der Waals surface area contributed by atoms with Crippen LogP contribution < -0.4 is 4.74 Å². The van der Waals surface area contributed by atoms with Crippen molar-refractivity contribution >= 4 is 0 Å². The van der Waals surface area contributed by atoms with Crippen molar-refractivity contribution < 1.29 is 9.47 Å². The molecule has 0 saturated carbocycles. The Morgan fingerprint density at radius 2 is 2.00 bits per heavy atom. The molecule has 22 heavy (non-hydrogen) atoms. The molecule has 1 heterocycles. The Labute approximate surface area is 135 Å². The first-order valence-electron chi connectivity index (χ1n) is 8.62. The third-order valence-corrected chi connectivity index (χ3v) is 4.76. The molecular formula is C20H30O2. The van der Waals surface area contributed by atoms with Crippen molar-refractivity contribution in [2.24, 2.45) is 0 Å². The molecule has 1 saturated heterocycles. The monoisotopic (exact) mass is 302 g/mol. The summed E-state index contributed by atoms with van der Waals surface area (Å²) in [4.78, 5) is 0. The third-order valence-electron chi connectivity index (χ3n) is 4.76. The van der Waals surface area contributed by atoms with Crippen LogP contribution in [-0.4, -0.2) is 18.3 Å². The fourth-order valence-electron chi connectivity index (χ4n) is 2.78. The molecule has 0 bridgehead atoms. The maximum atomic E-state index is 5.79. The van der Waals surface area contributed by atoms with Crippen LogP contribution in [0.3, 0.4) is 0 Å². The normalized spacial score (nSPS) is 24.4. The van der Waals surface area contributed by atoms with Gasteiger partial charge in [0.05, 0.1) is 18.3 Å². The van der Waals surface area contributed by atoms with Gasteiger partial charge < -0.3 is 9.47 Å². The summed E-state index contributed by atoms with van der Waals surface area (Å²) < 4.78 is 11.6. The Hall–Kier alpha value is -1.28. The highest BCUT2D eigenvalue weighted by Crippen LogP contribution is 2.42. The first-order chi connectivity index (χ1) is 10.6. The van der Waals surface area contributed by atoms with Crippen molar-refractivity contribution in [3.8, 4) is 5.75 Å². The lowest BCUT2D eigenvalue weighted by Gasteiger charge is -2.07. The van der Waals surface area contributed by atoms with Crippen molar-refractivity contribution in [3.63, 3.8) is 0 Å². The molecule has 1 fully saturated rings. The molecule has 1 aliphatic heterocycles. The number of epoxide rings is 1. The van der Waals surface area contributed by atoms with Gasteiger partial charge in [0.25, 0.3) is 0 Å². The number of benzene rings is 1. The van der Waals surface area contributed by atoms with Gasteiger partial charge in [0, 0.05) is 0 Å². The molecule has 2 atom stereocenters. The van der Waals surface area contributed by atoms with E-state index in [0.717, 1.165) is 44.5 Å². The summed E-state index contributed by atoms with van der Waals surface area (Å²) in [5.74, 6) is 0.960. The Kier molecular flexibility index (Phi) is 6.07. The van der Waals surface area contributed by atoms with Crippen LogP contribution in [0.5, 0.6) is 5.75 Å². The van der Waals surface area contributed by atoms with E-state index in [4.69, 9.17) is 9.47 Å². The van der Waals surface area contributed by atoms with Crippen molar-refractivity contribution in [2.45, 2.75) is 71.5 Å². The van der Waals surface area contributed by atoms with Gasteiger partial charge in [-0.05, 0) is 58.1 Å². The van der Waals surface area contributed by atoms with Crippen LogP contribution in [0.2, 0.25) is 0 Å². The summed E-state index contributed by atoms with van der Waals surface area (Å²) in [5, 5.41) is 0. The Morgan fingerprint density at radius 3 is 2.59 bits per heavy atom. The molecule has 0 N–H and O–H groups in total. The fraction of sp³-hybridized carbons (Fsp3) is 0.600. The smallest absolute Gasteiger partial charge is 0.119 e. The van der Waals surface area contributed by atoms with E-state index >= 15 is 0 Å². The Morgan fingerprint density at radius 1 is 1.27 bits per heavy atom. The van der Waals surface area contributed by atoms with Crippen molar-refractivity contribution in [2.75, 3.05) is 6.61 Å². The molecule has 0 aliphatic carbocycles. The van der Waals surface area contributed by atoms with Crippen LogP contribution in [0, 0.1) is 6.92 Å². The van der Waals surface area contributed by atoms with Gasteiger partial charge in [0.2, 0.25) is 0 Å². The highest BCUT2D eigenvalue weighted by Gasteiger charge is 2.49. The van der Waals surface area contributed by atoms with E-state index in [-0.39, 0.29) is 5.60 Å². The highest BCUT2D eigenvalue weighted by molar-refractivity contribution is 5.26. The number of rotatable bonds is 9. The predicted octanol–water partition coefficient (Wildman–Crippen LogP) is 5.45. The third kappa shape index (κ3) is 4.88. The van der Waals surface area contributed by atoms with Crippen LogP contribution in [0.4, 0.5) is 0 Å². The number of ether oxygens (including phenoxy) is 2. The number of allylic oxidation sites excluding steroid dienone is 1. The minimum absolute atomic E-state index is 0.160. The maximum absolute atomic E-state index is 5.79. The van der Waals surface area contributed by atoms with E-state index in [1.807, 2.05) is 12.1 Å². The number of hydrogen-bond acceptors (Lipinski definition) is 2. The van der Waals surface area contributed by atoms with Crippen molar-refractivity contribution in [1.29, 1.82) is 0 Å². The Bertz CT molecular complexity index is 489. The van der Waals surface area contributed by atoms with Gasteiger partial charge in [-0.2, -0.15) is 0 Å². The molecule has 1 aromatic rings. The standard InChI is InChI=1S/C20H30O2/c1-5-17(11-14-19-20(4,6-2)22-19)8-7-15-21-18-12-9-16(3)10-13-18/h8-10,12-13,19H,5-7,11,14-15H2,1-4H3. The first kappa shape index (κ1) is 17.1. The van der Waals surface area contributed by atoms with E-state index in [9.17, 15) is 0 Å². The topological polar surface area (TPSA) is 21.8 Å². The summed E-state index contributed by atoms with van der Waals surface area (Å²) in [5.41, 5.74) is 2.95. The van der Waals surface area contributed by atoms with Crippen LogP contribution in [-0.2, 0) is 4.74 Å². The molecule has 0 radical (unpaired) electrons. The minimum Gasteiger partial charge on any atom is -0.493 e. The van der Waals surface area contributed by atoms with Gasteiger partial charge in [-0.3, -0.25) is 0 Å². The van der Waals surface area contributed by atoms with Gasteiger partial charge in [-0.15, -0.1) is 0 Å². The van der Waals surface area contributed by atoms with E-state index in [0.29, 0.717) is 6.10 Å². The average molecular weight is 302 g/mol. The van der Waals surface area contributed by atoms with Crippen LogP contribution in [0.15, 0.2) is 35.9 Å². The summed E-state index contributed by atoms with van der Waals surface area (Å²) in [6.45, 7) is 9.51. The van der Waals surface area contributed by atoms with Crippen molar-refractivity contribution in [1.82, 2.24) is 0 Å². The molecule has 1 aromatic carbocycles. The quantitative estimate of drug-likeness (QED) is 0.344. The second kappa shape index (κ2) is 7.82. The van der Waals surface area contributed by atoms with Crippen LogP contribution in [0.1, 0.15) is 58.4 Å². The van der Waals surface area contributed by atoms with E-state index < -0.39 is 0 Å². The van der Waals surface area contributed by atoms with Crippen LogP contribution in [0.25, 0.3) is 0 Å². The second-order valence-electron chi connectivity index (χ2n) is 6.48. The molecule has 122 valence electrons. The zero-order chi connectivity index (χ0) is 16.0. The maximum Gasteiger partial charge on any atom is 0.119 e. The molecule has 2 heteroatoms. The van der Waals surface area contributed by atoms with E-state index in [1.165, 1.54) is 11.1 Å². The molecule has 0 spiro atoms. The number of aryl methyl sites for hydroxylation is 1. The Balaban J connectivity index is 1.67. The van der Waals surface area contributed by atoms with E-state index in [2.05, 4.69) is 45.9 Å². The molecule has 2 unspecified atom stereocenters. The van der Waals surface area contributed by atoms with E-state index in [1.54, 1.807) is 0 Å². The number of hydrogen-bond donors (Lipinski definition) is 0. The molecule has 2 rings (SSSR count). The van der Waals surface area contributed by atoms with Gasteiger partial charge in [-0.1, -0.05) is 43.2 Å². The van der Waals surface area contributed by atoms with Gasteiger partial charge >= 0.3 is 0 Å². The average Bonchev–Trinajstić information content (AvgIpc) is 3.19. The molecule has 0 amide bonds. The largest absolute Gasteiger partial charge is 0.493 e. The SMILES string of the molecule is CCC(=CCCOc1ccc(C)cc1)CCC1OC1(C)CC. The second-order valence-corrected chi connectivity index (χ2v) is 6.48. The fourth-order valence-corrected chi connectivity index (χ4v) is 2.78. The zero-order valence-electron chi connectivity index (χ0n) is 14.5. The lowest BCUT2D eigenvalue weighted by molar-refractivity contribution is 0.300. The summed E-state index contributed by atoms with van der Waals surface area (Å²) in [7, 11) is 0. The van der Waals surface area contributed by atoms with Gasteiger partial charge in [0.1, 0.15) is 5.75 Å². The summed E-state index contributed by atoms with van der Waals surface area (Å²) >= 11 is 0. The molecule has 2 nitrogen and oxygen atoms in total. The van der Waals surface area contributed by atoms with Gasteiger partial charge in [0.15, 0.2) is 0 Å². The molecule has 0 aromatic heterocycles. The summed E-state index contributed by atoms with van der Waals surface area (Å²) in [6.07, 6.45) is 8.35. The van der Waals surface area contributed by atoms with Crippen LogP contribution >= 0.6 is 0 Å². The first-order valence-corrected chi connectivity index (χ1v) is 8.62.